The van der Waals surface area contributed by atoms with Gasteiger partial charge in [0, 0.05) is 6.54 Å². The molecular formula is C22H31ClN4OS. The first-order chi connectivity index (χ1) is 13.7. The van der Waals surface area contributed by atoms with Crippen LogP contribution in [0.5, 0.6) is 0 Å². The Labute approximate surface area is 183 Å². The van der Waals surface area contributed by atoms with Crippen LogP contribution in [0.25, 0.3) is 0 Å². The molecule has 1 amide bonds. The van der Waals surface area contributed by atoms with Crippen LogP contribution in [0.1, 0.15) is 62.3 Å². The molecule has 0 fully saturated rings. The fraction of sp³-hybridized carbons (Fsp3) is 0.500. The predicted octanol–water partition coefficient (Wildman–Crippen LogP) is 4.96. The lowest BCUT2D eigenvalue weighted by atomic mass is 9.86. The molecule has 2 rings (SSSR count). The Morgan fingerprint density at radius 2 is 1.83 bits per heavy atom. The maximum absolute atomic E-state index is 12.7. The number of halogens is 1. The third-order valence-corrected chi connectivity index (χ3v) is 5.83. The molecule has 0 spiro atoms. The lowest BCUT2D eigenvalue weighted by Crippen LogP contribution is -2.38. The first kappa shape index (κ1) is 23.6. The molecule has 1 atom stereocenters. The van der Waals surface area contributed by atoms with Crippen molar-refractivity contribution in [1.82, 2.24) is 20.2 Å². The van der Waals surface area contributed by atoms with E-state index in [-0.39, 0.29) is 28.1 Å². The second-order valence-corrected chi connectivity index (χ2v) is 9.05. The van der Waals surface area contributed by atoms with Gasteiger partial charge in [-0.15, -0.1) is 0 Å². The molecule has 0 unspecified atom stereocenters. The van der Waals surface area contributed by atoms with Gasteiger partial charge < -0.3 is 5.32 Å². The minimum Gasteiger partial charge on any atom is -0.349 e. The van der Waals surface area contributed by atoms with Crippen LogP contribution >= 0.6 is 23.4 Å². The number of nitrogens with one attached hydrogen (secondary N) is 1. The van der Waals surface area contributed by atoms with Crippen LogP contribution in [-0.2, 0) is 5.41 Å². The Bertz CT molecular complexity index is 817. The van der Waals surface area contributed by atoms with E-state index >= 15 is 0 Å². The van der Waals surface area contributed by atoms with E-state index in [0.29, 0.717) is 11.7 Å². The van der Waals surface area contributed by atoms with E-state index in [1.54, 1.807) is 0 Å². The average molecular weight is 435 g/mol. The third kappa shape index (κ3) is 6.17. The van der Waals surface area contributed by atoms with Gasteiger partial charge in [0.15, 0.2) is 10.9 Å². The zero-order valence-electron chi connectivity index (χ0n) is 18.1. The van der Waals surface area contributed by atoms with Crippen molar-refractivity contribution >= 4 is 29.3 Å². The number of hydrogen-bond acceptors (Lipinski definition) is 5. The average Bonchev–Trinajstić information content (AvgIpc) is 2.70. The van der Waals surface area contributed by atoms with Crippen molar-refractivity contribution in [3.05, 3.63) is 52.3 Å². The lowest BCUT2D eigenvalue weighted by Gasteiger charge is -2.31. The Morgan fingerprint density at radius 1 is 1.21 bits per heavy atom. The van der Waals surface area contributed by atoms with E-state index in [2.05, 4.69) is 79.1 Å². The summed E-state index contributed by atoms with van der Waals surface area (Å²) >= 11 is 7.53. The quantitative estimate of drug-likeness (QED) is 0.470. The molecule has 1 N–H and O–H groups in total. The number of benzene rings is 1. The van der Waals surface area contributed by atoms with Crippen LogP contribution < -0.4 is 5.32 Å². The Balaban J connectivity index is 2.22. The van der Waals surface area contributed by atoms with E-state index in [9.17, 15) is 4.79 Å². The molecule has 1 heterocycles. The number of thioether (sulfide) groups is 1. The fourth-order valence-electron chi connectivity index (χ4n) is 3.21. The van der Waals surface area contributed by atoms with Crippen molar-refractivity contribution in [1.29, 1.82) is 0 Å². The van der Waals surface area contributed by atoms with Crippen LogP contribution in [0.4, 0.5) is 0 Å². The first-order valence-corrected chi connectivity index (χ1v) is 11.5. The van der Waals surface area contributed by atoms with Crippen LogP contribution in [0.15, 0.2) is 35.6 Å². The molecule has 29 heavy (non-hydrogen) atoms. The number of nitrogens with zero attached hydrogens (tertiary/aromatic N) is 3. The highest BCUT2D eigenvalue weighted by Crippen LogP contribution is 2.26. The van der Waals surface area contributed by atoms with Gasteiger partial charge in [-0.05, 0) is 35.9 Å². The molecule has 0 bridgehead atoms. The van der Waals surface area contributed by atoms with E-state index in [0.717, 1.165) is 13.1 Å². The van der Waals surface area contributed by atoms with Gasteiger partial charge in [-0.1, -0.05) is 82.2 Å². The molecule has 2 aromatic rings. The summed E-state index contributed by atoms with van der Waals surface area (Å²) in [6.45, 7) is 13.1. The van der Waals surface area contributed by atoms with Gasteiger partial charge in [0.2, 0.25) is 0 Å². The molecule has 1 aromatic heterocycles. The zero-order valence-corrected chi connectivity index (χ0v) is 19.7. The fourth-order valence-corrected chi connectivity index (χ4v) is 3.73. The summed E-state index contributed by atoms with van der Waals surface area (Å²) < 4.78 is 0. The van der Waals surface area contributed by atoms with E-state index in [4.69, 9.17) is 11.6 Å². The number of likely N-dealkylation sites (N-methyl/N-ethyl adjacent to an activating group) is 1. The first-order valence-electron chi connectivity index (χ1n) is 9.90. The summed E-state index contributed by atoms with van der Waals surface area (Å²) in [5, 5.41) is 3.80. The standard InChI is InChI=1S/C22H31ClN4OS/c1-7-27(8-2)18(15-9-11-16(12-10-15)22(3,4)5)14-24-20(28)19-17(23)13-25-21(26-19)29-6/h9-13,18H,7-8,14H2,1-6H3,(H,24,28)/t18-/m1/s1. The number of rotatable bonds is 8. The molecule has 158 valence electrons. The highest BCUT2D eigenvalue weighted by molar-refractivity contribution is 7.98. The smallest absolute Gasteiger partial charge is 0.271 e. The maximum atomic E-state index is 12.7. The summed E-state index contributed by atoms with van der Waals surface area (Å²) in [6.07, 6.45) is 3.34. The summed E-state index contributed by atoms with van der Waals surface area (Å²) in [6, 6.07) is 8.77. The second-order valence-electron chi connectivity index (χ2n) is 7.87. The van der Waals surface area contributed by atoms with Crippen molar-refractivity contribution in [2.75, 3.05) is 25.9 Å². The van der Waals surface area contributed by atoms with Gasteiger partial charge in [-0.2, -0.15) is 0 Å². The van der Waals surface area contributed by atoms with Crippen LogP contribution in [0.3, 0.4) is 0 Å². The van der Waals surface area contributed by atoms with Gasteiger partial charge in [-0.3, -0.25) is 9.69 Å². The van der Waals surface area contributed by atoms with Crippen LogP contribution in [0, 0.1) is 0 Å². The topological polar surface area (TPSA) is 58.1 Å². The van der Waals surface area contributed by atoms with Gasteiger partial charge in [0.25, 0.3) is 5.91 Å². The minimum atomic E-state index is -0.281. The molecule has 0 aliphatic carbocycles. The summed E-state index contributed by atoms with van der Waals surface area (Å²) in [5.74, 6) is -0.281. The SMILES string of the molecule is CCN(CC)[C@H](CNC(=O)c1nc(SC)ncc1Cl)c1ccc(C(C)(C)C)cc1. The van der Waals surface area contributed by atoms with Crippen molar-refractivity contribution in [2.24, 2.45) is 0 Å². The van der Waals surface area contributed by atoms with Gasteiger partial charge in [-0.25, -0.2) is 9.97 Å². The summed E-state index contributed by atoms with van der Waals surface area (Å²) in [5.41, 5.74) is 2.80. The largest absolute Gasteiger partial charge is 0.349 e. The lowest BCUT2D eigenvalue weighted by molar-refractivity contribution is 0.0929. The summed E-state index contributed by atoms with van der Waals surface area (Å²) in [4.78, 5) is 23.4. The van der Waals surface area contributed by atoms with E-state index < -0.39 is 0 Å². The van der Waals surface area contributed by atoms with Crippen molar-refractivity contribution < 1.29 is 4.79 Å². The Hall–Kier alpha value is -1.63. The van der Waals surface area contributed by atoms with Gasteiger partial charge in [0.05, 0.1) is 17.3 Å². The maximum Gasteiger partial charge on any atom is 0.271 e. The minimum absolute atomic E-state index is 0.0728. The number of aromatic nitrogens is 2. The van der Waals surface area contributed by atoms with Gasteiger partial charge in [0.1, 0.15) is 0 Å². The predicted molar refractivity (Wildman–Crippen MR) is 122 cm³/mol. The molecule has 0 radical (unpaired) electrons. The number of amides is 1. The molecule has 1 aromatic carbocycles. The Kier molecular flexibility index (Phi) is 8.49. The normalized spacial score (nSPS) is 12.8. The monoisotopic (exact) mass is 434 g/mol. The third-order valence-electron chi connectivity index (χ3n) is 4.99. The van der Waals surface area contributed by atoms with Crippen molar-refractivity contribution in [2.45, 2.75) is 51.2 Å². The molecular weight excluding hydrogens is 404 g/mol. The molecule has 0 saturated heterocycles. The second kappa shape index (κ2) is 10.4. The highest BCUT2D eigenvalue weighted by atomic mass is 35.5. The molecule has 0 saturated carbocycles. The number of hydrogen-bond donors (Lipinski definition) is 1. The number of carbonyl (C=O) groups is 1. The van der Waals surface area contributed by atoms with Gasteiger partial charge >= 0.3 is 0 Å². The molecule has 5 nitrogen and oxygen atoms in total. The van der Waals surface area contributed by atoms with Crippen LogP contribution in [0.2, 0.25) is 5.02 Å². The zero-order chi connectivity index (χ0) is 21.6. The van der Waals surface area contributed by atoms with Crippen LogP contribution in [-0.4, -0.2) is 46.7 Å². The summed E-state index contributed by atoms with van der Waals surface area (Å²) in [7, 11) is 0. The molecule has 0 aliphatic rings. The Morgan fingerprint density at radius 3 is 2.34 bits per heavy atom. The number of carbonyl (C=O) groups excluding carboxylic acids is 1. The molecule has 0 aliphatic heterocycles. The van der Waals surface area contributed by atoms with Crippen molar-refractivity contribution in [3.8, 4) is 0 Å². The van der Waals surface area contributed by atoms with Crippen molar-refractivity contribution in [3.63, 3.8) is 0 Å². The highest BCUT2D eigenvalue weighted by Gasteiger charge is 2.22. The molecule has 7 heteroatoms. The van der Waals surface area contributed by atoms with E-state index in [1.807, 2.05) is 6.26 Å². The van der Waals surface area contributed by atoms with E-state index in [1.165, 1.54) is 29.1 Å².